The molecule has 3 aliphatic rings. The third kappa shape index (κ3) is 3.59. The van der Waals surface area contributed by atoms with E-state index in [9.17, 15) is 19.8 Å². The smallest absolute Gasteiger partial charge is 0.311 e. The van der Waals surface area contributed by atoms with Crippen molar-refractivity contribution in [2.75, 3.05) is 0 Å². The van der Waals surface area contributed by atoms with E-state index in [2.05, 4.69) is 27.7 Å². The molecule has 2 bridgehead atoms. The molecule has 0 aromatic carbocycles. The molecule has 2 aliphatic carbocycles. The van der Waals surface area contributed by atoms with Crippen molar-refractivity contribution in [1.29, 1.82) is 0 Å². The first-order valence-electron chi connectivity index (χ1n) is 12.4. The summed E-state index contributed by atoms with van der Waals surface area (Å²) in [4.78, 5) is 25.6. The number of carboxylic acid groups (broad SMARTS) is 2. The lowest BCUT2D eigenvalue weighted by Crippen LogP contribution is -2.56. The van der Waals surface area contributed by atoms with Crippen LogP contribution in [0.4, 0.5) is 0 Å². The third-order valence-electron chi connectivity index (χ3n) is 8.94. The Morgan fingerprint density at radius 1 is 0.967 bits per heavy atom. The Morgan fingerprint density at radius 2 is 1.53 bits per heavy atom. The van der Waals surface area contributed by atoms with Gasteiger partial charge < -0.3 is 14.9 Å². The fourth-order valence-corrected chi connectivity index (χ4v) is 7.36. The maximum absolute atomic E-state index is 13.1. The van der Waals surface area contributed by atoms with Gasteiger partial charge in [-0.25, -0.2) is 0 Å². The molecule has 3 fully saturated rings. The van der Waals surface area contributed by atoms with Crippen LogP contribution in [-0.4, -0.2) is 34.4 Å². The Hall–Kier alpha value is -1.10. The summed E-state index contributed by atoms with van der Waals surface area (Å²) in [6.45, 7) is 8.66. The summed E-state index contributed by atoms with van der Waals surface area (Å²) < 4.78 is 6.05. The van der Waals surface area contributed by atoms with Crippen LogP contribution < -0.4 is 0 Å². The number of unbranched alkanes of at least 4 members (excludes halogenated alkanes) is 2. The highest BCUT2D eigenvalue weighted by atomic mass is 16.6. The van der Waals surface area contributed by atoms with Crippen LogP contribution in [0.1, 0.15) is 98.3 Å². The van der Waals surface area contributed by atoms with Gasteiger partial charge >= 0.3 is 11.9 Å². The summed E-state index contributed by atoms with van der Waals surface area (Å²) in [5, 5.41) is 21.0. The monoisotopic (exact) mass is 422 g/mol. The van der Waals surface area contributed by atoms with Crippen molar-refractivity contribution >= 4 is 11.9 Å². The van der Waals surface area contributed by atoms with Gasteiger partial charge in [0, 0.05) is 11.3 Å². The zero-order chi connectivity index (χ0) is 22.1. The van der Waals surface area contributed by atoms with Crippen LogP contribution in [0.25, 0.3) is 0 Å². The zero-order valence-corrected chi connectivity index (χ0v) is 19.4. The SMILES string of the molecule is CCCCC(CC)CC12CC(C3OC31)C(C(=O)O)C2(CC(CC)CCCC)C(=O)O. The summed E-state index contributed by atoms with van der Waals surface area (Å²) in [5.41, 5.74) is -1.72. The summed E-state index contributed by atoms with van der Waals surface area (Å²) in [7, 11) is 0. The number of rotatable bonds is 14. The Balaban J connectivity index is 2.02. The normalized spacial score (nSPS) is 38.3. The van der Waals surface area contributed by atoms with E-state index in [0.29, 0.717) is 12.3 Å². The molecule has 8 atom stereocenters. The van der Waals surface area contributed by atoms with Crippen LogP contribution >= 0.6 is 0 Å². The molecule has 3 rings (SSSR count). The molecule has 5 nitrogen and oxygen atoms in total. The largest absolute Gasteiger partial charge is 0.481 e. The Morgan fingerprint density at radius 3 is 2.00 bits per heavy atom. The molecule has 172 valence electrons. The molecule has 0 radical (unpaired) electrons. The second-order valence-electron chi connectivity index (χ2n) is 10.4. The van der Waals surface area contributed by atoms with Gasteiger partial charge in [-0.3, -0.25) is 9.59 Å². The first-order valence-corrected chi connectivity index (χ1v) is 12.4. The molecule has 1 aliphatic heterocycles. The lowest BCUT2D eigenvalue weighted by atomic mass is 9.52. The summed E-state index contributed by atoms with van der Waals surface area (Å²) in [6, 6.07) is 0. The quantitative estimate of drug-likeness (QED) is 0.348. The average molecular weight is 423 g/mol. The van der Waals surface area contributed by atoms with Crippen LogP contribution in [-0.2, 0) is 14.3 Å². The van der Waals surface area contributed by atoms with Crippen molar-refractivity contribution in [2.45, 2.75) is 111 Å². The van der Waals surface area contributed by atoms with Gasteiger partial charge in [0.05, 0.1) is 23.5 Å². The number of hydrogen-bond acceptors (Lipinski definition) is 3. The highest BCUT2D eigenvalue weighted by Crippen LogP contribution is 2.77. The van der Waals surface area contributed by atoms with Crippen molar-refractivity contribution in [2.24, 2.45) is 34.5 Å². The number of fused-ring (bicyclic) bond motifs is 5. The van der Waals surface area contributed by atoms with E-state index in [1.165, 1.54) is 0 Å². The van der Waals surface area contributed by atoms with Crippen LogP contribution in [0.2, 0.25) is 0 Å². The first-order chi connectivity index (χ1) is 14.3. The van der Waals surface area contributed by atoms with Gasteiger partial charge in [0.1, 0.15) is 0 Å². The van der Waals surface area contributed by atoms with Crippen LogP contribution in [0.3, 0.4) is 0 Å². The molecule has 2 N–H and O–H groups in total. The molecular weight excluding hydrogens is 380 g/mol. The summed E-state index contributed by atoms with van der Waals surface area (Å²) in [6.07, 6.45) is 10.4. The van der Waals surface area contributed by atoms with Crippen LogP contribution in [0, 0.1) is 34.5 Å². The molecule has 0 aromatic rings. The molecule has 30 heavy (non-hydrogen) atoms. The van der Waals surface area contributed by atoms with Gasteiger partial charge in [0.2, 0.25) is 0 Å². The topological polar surface area (TPSA) is 87.1 Å². The molecule has 0 amide bonds. The van der Waals surface area contributed by atoms with Gasteiger partial charge in [-0.1, -0.05) is 79.1 Å². The van der Waals surface area contributed by atoms with E-state index in [-0.39, 0.29) is 24.0 Å². The predicted octanol–water partition coefficient (Wildman–Crippen LogP) is 5.76. The van der Waals surface area contributed by atoms with Crippen molar-refractivity contribution in [3.05, 3.63) is 0 Å². The summed E-state index contributed by atoms with van der Waals surface area (Å²) >= 11 is 0. The van der Waals surface area contributed by atoms with Gasteiger partial charge in [-0.15, -0.1) is 0 Å². The van der Waals surface area contributed by atoms with Crippen molar-refractivity contribution < 1.29 is 24.5 Å². The molecule has 1 saturated heterocycles. The van der Waals surface area contributed by atoms with Gasteiger partial charge in [0.15, 0.2) is 0 Å². The predicted molar refractivity (Wildman–Crippen MR) is 116 cm³/mol. The molecule has 8 unspecified atom stereocenters. The lowest BCUT2D eigenvalue weighted by Gasteiger charge is -2.48. The molecular formula is C25H42O5. The first kappa shape index (κ1) is 23.6. The Kier molecular flexibility index (Phi) is 7.21. The maximum Gasteiger partial charge on any atom is 0.311 e. The lowest BCUT2D eigenvalue weighted by molar-refractivity contribution is -0.176. The van der Waals surface area contributed by atoms with E-state index >= 15 is 0 Å². The maximum atomic E-state index is 13.1. The fraction of sp³-hybridized carbons (Fsp3) is 0.920. The van der Waals surface area contributed by atoms with Gasteiger partial charge in [-0.2, -0.15) is 0 Å². The number of carbonyl (C=O) groups is 2. The molecule has 5 heteroatoms. The van der Waals surface area contributed by atoms with Gasteiger partial charge in [-0.05, 0) is 31.1 Å². The second kappa shape index (κ2) is 9.18. The number of carboxylic acids is 2. The summed E-state index contributed by atoms with van der Waals surface area (Å²) in [5.74, 6) is -2.08. The van der Waals surface area contributed by atoms with E-state index in [1.807, 2.05) is 0 Å². The second-order valence-corrected chi connectivity index (χ2v) is 10.4. The minimum absolute atomic E-state index is 0.0297. The van der Waals surface area contributed by atoms with Crippen LogP contribution in [0.5, 0.6) is 0 Å². The van der Waals surface area contributed by atoms with Crippen LogP contribution in [0.15, 0.2) is 0 Å². The van der Waals surface area contributed by atoms with Crippen molar-refractivity contribution in [1.82, 2.24) is 0 Å². The van der Waals surface area contributed by atoms with Gasteiger partial charge in [0.25, 0.3) is 0 Å². The minimum atomic E-state index is -1.20. The third-order valence-corrected chi connectivity index (χ3v) is 8.94. The zero-order valence-electron chi connectivity index (χ0n) is 19.4. The number of aliphatic carboxylic acids is 2. The minimum Gasteiger partial charge on any atom is -0.481 e. The van der Waals surface area contributed by atoms with E-state index < -0.39 is 28.7 Å². The average Bonchev–Trinajstić information content (AvgIpc) is 3.40. The molecule has 0 aromatic heterocycles. The number of ether oxygens (including phenoxy) is 1. The van der Waals surface area contributed by atoms with Crippen molar-refractivity contribution in [3.63, 3.8) is 0 Å². The molecule has 0 spiro atoms. The Bertz CT molecular complexity index is 633. The van der Waals surface area contributed by atoms with Crippen molar-refractivity contribution in [3.8, 4) is 0 Å². The Labute approximate surface area is 182 Å². The fourth-order valence-electron chi connectivity index (χ4n) is 7.36. The number of hydrogen-bond donors (Lipinski definition) is 2. The highest BCUT2D eigenvalue weighted by Gasteiger charge is 2.84. The van der Waals surface area contributed by atoms with E-state index in [0.717, 1.165) is 64.2 Å². The van der Waals surface area contributed by atoms with E-state index in [1.54, 1.807) is 0 Å². The molecule has 1 heterocycles. The standard InChI is InChI=1S/C25H42O5/c1-5-9-11-16(7-3)13-24-15-18(20-21(24)30-20)19(22(26)27)25(24,23(28)29)14-17(8-4)12-10-6-2/h16-21H,5-15H2,1-4H3,(H,26,27)(H,28,29). The molecule has 2 saturated carbocycles. The van der Waals surface area contributed by atoms with E-state index in [4.69, 9.17) is 4.74 Å². The number of epoxide rings is 1. The highest BCUT2D eigenvalue weighted by molar-refractivity contribution is 5.87.